The van der Waals surface area contributed by atoms with Crippen molar-refractivity contribution in [3.05, 3.63) is 96.6 Å². The first kappa shape index (κ1) is 111. The van der Waals surface area contributed by atoms with Crippen LogP contribution in [0.3, 0.4) is 0 Å². The van der Waals surface area contributed by atoms with Crippen LogP contribution in [-0.4, -0.2) is 115 Å². The van der Waals surface area contributed by atoms with Gasteiger partial charge >= 0.3 is 37.7 Å². The van der Waals surface area contributed by atoms with Crippen LogP contribution < -0.4 is 19.7 Å². The number of aliphatic hydroxyl groups excluding tert-OH is 1. The minimum atomic E-state index is -5.08. The van der Waals surface area contributed by atoms with Crippen LogP contribution in [0.15, 0.2) is 91.0 Å². The fraction of sp³-hybridized carbons (Fsp3) is 0.757. The van der Waals surface area contributed by atoms with E-state index >= 15 is 14.2 Å². The number of rotatable bonds is 82. The summed E-state index contributed by atoms with van der Waals surface area (Å²) in [6.07, 6.45) is 42.9. The number of ether oxygens (including phenoxy) is 7. The second kappa shape index (κ2) is 74.4. The number of esters is 5. The normalized spacial score (nSPS) is 16.1. The van der Waals surface area contributed by atoms with Gasteiger partial charge in [-0.15, -0.1) is 0 Å². The third kappa shape index (κ3) is 56.0. The van der Waals surface area contributed by atoms with E-state index in [-0.39, 0.29) is 43.8 Å². The lowest BCUT2D eigenvalue weighted by Gasteiger charge is -2.45. The van der Waals surface area contributed by atoms with Crippen molar-refractivity contribution in [2.75, 3.05) is 13.2 Å². The fourth-order valence-electron chi connectivity index (χ4n) is 16.1. The molecule has 0 saturated carbocycles. The highest BCUT2D eigenvalue weighted by molar-refractivity contribution is 7.49. The van der Waals surface area contributed by atoms with Crippen LogP contribution in [0, 0.1) is 0 Å². The van der Waals surface area contributed by atoms with Gasteiger partial charge in [-0.25, -0.2) is 9.36 Å². The zero-order valence-corrected chi connectivity index (χ0v) is 79.5. The Balaban J connectivity index is 1.91. The first-order valence-corrected chi connectivity index (χ1v) is 51.7. The van der Waals surface area contributed by atoms with Crippen molar-refractivity contribution in [2.24, 2.45) is 0 Å². The van der Waals surface area contributed by atoms with E-state index in [1.165, 1.54) is 114 Å². The summed E-state index contributed by atoms with van der Waals surface area (Å²) in [6.45, 7) is 11.3. The third-order valence-electron chi connectivity index (χ3n) is 23.6. The van der Waals surface area contributed by atoms with E-state index in [2.05, 4.69) is 52.2 Å². The number of amides is 2. The SMILES string of the molecule is CCCCCCCCCCC[C@H](CC(=O)N[C@H]1[C@H](OC[C@H](NC(=O)C[C@@H](CCCCCCCCCCC)OC(=O)CCCCCCCCCC)C(=O)OCc2ccccc2)O[C@H](CO)[C@@H](OP(=O)(Oc2ccccc2)Oc2ccccc2)[C@@H]1OC(=O)C[C@@H](CCCCCCCCCCC)OC(=O)CCCCCCCCCC)OC(=O)CCCCCCCCCC. The average Bonchev–Trinajstić information content (AvgIpc) is 0.771. The lowest BCUT2D eigenvalue weighted by atomic mass is 9.95. The molecule has 0 aliphatic carbocycles. The van der Waals surface area contributed by atoms with E-state index in [9.17, 15) is 29.1 Å². The topological polar surface area (TPSA) is 273 Å². The van der Waals surface area contributed by atoms with Crippen molar-refractivity contribution < 1.29 is 90.0 Å². The number of carbonyl (C=O) groups is 7. The molecule has 0 unspecified atom stereocenters. The highest BCUT2D eigenvalue weighted by Gasteiger charge is 2.54. The van der Waals surface area contributed by atoms with Gasteiger partial charge in [-0.05, 0) is 87.6 Å². The predicted octanol–water partition coefficient (Wildman–Crippen LogP) is 26.3. The van der Waals surface area contributed by atoms with Crippen molar-refractivity contribution in [2.45, 2.75) is 488 Å². The number of aliphatic hydroxyl groups is 1. The van der Waals surface area contributed by atoms with Crippen molar-refractivity contribution in [1.29, 1.82) is 0 Å². The minimum absolute atomic E-state index is 0.0470. The number of benzene rings is 3. The monoisotopic (exact) mass is 1770 g/mol. The Labute approximate surface area is 755 Å². The van der Waals surface area contributed by atoms with E-state index in [1.54, 1.807) is 60.7 Å². The summed E-state index contributed by atoms with van der Waals surface area (Å²) in [4.78, 5) is 103. The zero-order chi connectivity index (χ0) is 90.1. The van der Waals surface area contributed by atoms with Gasteiger partial charge in [-0.2, -0.15) is 0 Å². The number of phosphoric acid groups is 1. The molecular formula is C103H171N2O19P. The quantitative estimate of drug-likeness (QED) is 0.0205. The molecule has 125 heavy (non-hydrogen) atoms. The highest BCUT2D eigenvalue weighted by atomic mass is 31.2. The lowest BCUT2D eigenvalue weighted by molar-refractivity contribution is -0.272. The van der Waals surface area contributed by atoms with E-state index in [0.717, 1.165) is 199 Å². The van der Waals surface area contributed by atoms with Gasteiger partial charge in [-0.3, -0.25) is 33.3 Å². The van der Waals surface area contributed by atoms with Gasteiger partial charge in [0.15, 0.2) is 18.4 Å². The Hall–Kier alpha value is -6.38. The van der Waals surface area contributed by atoms with E-state index in [0.29, 0.717) is 63.4 Å². The molecule has 3 N–H and O–H groups in total. The van der Waals surface area contributed by atoms with Crippen LogP contribution >= 0.6 is 7.82 Å². The summed E-state index contributed by atoms with van der Waals surface area (Å²) < 4.78 is 80.1. The largest absolute Gasteiger partial charge is 0.588 e. The summed E-state index contributed by atoms with van der Waals surface area (Å²) in [5.41, 5.74) is 0.643. The molecule has 3 aromatic carbocycles. The zero-order valence-electron chi connectivity index (χ0n) is 78.6. The molecule has 0 radical (unpaired) electrons. The second-order valence-corrected chi connectivity index (χ2v) is 36.6. The van der Waals surface area contributed by atoms with E-state index in [1.807, 2.05) is 6.07 Å². The number of para-hydroxylation sites is 2. The average molecular weight is 1770 g/mol. The molecule has 3 aromatic rings. The van der Waals surface area contributed by atoms with Gasteiger partial charge in [0.2, 0.25) is 11.8 Å². The van der Waals surface area contributed by atoms with Crippen LogP contribution in [-0.2, 0) is 82.4 Å². The first-order chi connectivity index (χ1) is 61.0. The molecule has 1 aliphatic heterocycles. The van der Waals surface area contributed by atoms with Gasteiger partial charge in [-0.1, -0.05) is 397 Å². The Morgan fingerprint density at radius 2 is 0.704 bits per heavy atom. The van der Waals surface area contributed by atoms with Gasteiger partial charge in [0.05, 0.1) is 32.5 Å². The number of hydrogen-bond donors (Lipinski definition) is 3. The Bertz CT molecular complexity index is 3180. The maximum absolute atomic E-state index is 16.0. The van der Waals surface area contributed by atoms with E-state index < -0.39 is 131 Å². The van der Waals surface area contributed by atoms with Crippen molar-refractivity contribution in [1.82, 2.24) is 10.6 Å². The molecular weight excluding hydrogens is 1600 g/mol. The van der Waals surface area contributed by atoms with Gasteiger partial charge in [0.1, 0.15) is 54.7 Å². The molecule has 9 atom stereocenters. The molecule has 2 amide bonds. The number of nitrogens with one attached hydrogen (secondary N) is 2. The van der Waals surface area contributed by atoms with E-state index in [4.69, 9.17) is 46.7 Å². The molecule has 0 spiro atoms. The van der Waals surface area contributed by atoms with Crippen molar-refractivity contribution in [3.63, 3.8) is 0 Å². The number of unbranched alkanes of at least 4 members (excludes halogenated alkanes) is 45. The number of hydrogen-bond acceptors (Lipinski definition) is 19. The summed E-state index contributed by atoms with van der Waals surface area (Å²) in [6, 6.07) is 21.9. The van der Waals surface area contributed by atoms with Gasteiger partial charge < -0.3 is 57.9 Å². The summed E-state index contributed by atoms with van der Waals surface area (Å²) >= 11 is 0. The molecule has 712 valence electrons. The van der Waals surface area contributed by atoms with Crippen LogP contribution in [0.2, 0.25) is 0 Å². The first-order valence-electron chi connectivity index (χ1n) is 50.3. The highest BCUT2D eigenvalue weighted by Crippen LogP contribution is 2.53. The standard InChI is InChI=1S/C103H171N2O19P/c1-7-13-19-25-31-37-40-46-57-73-88(117-95(109)76-64-49-43-34-28-22-16-10-4)79-93(107)104-91(102(113)115-83-85-67-55-52-56-68-85)84-116-103-99(105-94(108)80-89(74-58-47-41-38-32-26-20-14-8-2)118-96(110)77-65-50-44-35-29-23-17-11-5)101(100(92(82-106)120-103)124-125(114,122-86-69-60-53-61-70-86)123-87-71-62-54-63-72-87)121-98(112)81-90(75-59-48-42-39-33-27-21-15-9-3)119-97(111)78-66-51-45-36-30-24-18-12-6/h52-56,60-63,67-72,88-92,99-101,103,106H,7-51,57-59,64-66,73-84H2,1-6H3,(H,104,107)(H,105,108)/t88-,89-,90-,91+,92-,99-,100-,101-,103-/m1/s1. The maximum atomic E-state index is 16.0. The van der Waals surface area contributed by atoms with Crippen molar-refractivity contribution >= 4 is 49.5 Å². The smallest absolute Gasteiger partial charge is 0.462 e. The lowest BCUT2D eigenvalue weighted by Crippen LogP contribution is -2.67. The second-order valence-electron chi connectivity index (χ2n) is 35.1. The Morgan fingerprint density at radius 1 is 0.384 bits per heavy atom. The van der Waals surface area contributed by atoms with Crippen LogP contribution in [0.1, 0.15) is 432 Å². The Morgan fingerprint density at radius 3 is 1.06 bits per heavy atom. The summed E-state index contributed by atoms with van der Waals surface area (Å²) in [5.74, 6) is -4.46. The molecule has 0 aromatic heterocycles. The van der Waals surface area contributed by atoms with Crippen molar-refractivity contribution in [3.8, 4) is 11.5 Å². The van der Waals surface area contributed by atoms with Crippen LogP contribution in [0.4, 0.5) is 0 Å². The van der Waals surface area contributed by atoms with Gasteiger partial charge in [0.25, 0.3) is 0 Å². The molecule has 21 nitrogen and oxygen atoms in total. The third-order valence-corrected chi connectivity index (χ3v) is 24.9. The van der Waals surface area contributed by atoms with Crippen LogP contribution in [0.25, 0.3) is 0 Å². The molecule has 1 fully saturated rings. The van der Waals surface area contributed by atoms with Gasteiger partial charge in [0, 0.05) is 19.3 Å². The number of phosphoric ester groups is 1. The molecule has 1 heterocycles. The fourth-order valence-corrected chi connectivity index (χ4v) is 17.6. The molecule has 4 rings (SSSR count). The predicted molar refractivity (Wildman–Crippen MR) is 499 cm³/mol. The minimum Gasteiger partial charge on any atom is -0.462 e. The number of carbonyl (C=O) groups excluding carboxylic acids is 7. The molecule has 22 heteroatoms. The molecule has 1 saturated heterocycles. The maximum Gasteiger partial charge on any atom is 0.588 e. The Kier molecular flexibility index (Phi) is 66.0. The summed E-state index contributed by atoms with van der Waals surface area (Å²) in [7, 11) is -5.08. The molecule has 1 aliphatic rings. The molecule has 0 bridgehead atoms. The van der Waals surface area contributed by atoms with Crippen LogP contribution in [0.5, 0.6) is 11.5 Å². The summed E-state index contributed by atoms with van der Waals surface area (Å²) in [5, 5.41) is 17.7.